The summed E-state index contributed by atoms with van der Waals surface area (Å²) < 4.78 is 6.09. The van der Waals surface area contributed by atoms with E-state index >= 15 is 0 Å². The molecule has 0 saturated heterocycles. The van der Waals surface area contributed by atoms with Gasteiger partial charge in [-0.1, -0.05) is 33.6 Å². The second-order valence-corrected chi connectivity index (χ2v) is 7.76. The average molecular weight is 267 g/mol. The molecule has 0 spiro atoms. The van der Waals surface area contributed by atoms with Crippen molar-refractivity contribution in [2.75, 3.05) is 19.7 Å². The summed E-state index contributed by atoms with van der Waals surface area (Å²) in [5.74, 6) is 1.76. The predicted octanol–water partition coefficient (Wildman–Crippen LogP) is 4.00. The van der Waals surface area contributed by atoms with E-state index < -0.39 is 0 Å². The Bertz CT molecular complexity index is 258. The van der Waals surface area contributed by atoms with Crippen molar-refractivity contribution in [1.82, 2.24) is 5.32 Å². The number of hydrogen-bond acceptors (Lipinski definition) is 2. The molecule has 2 nitrogen and oxygen atoms in total. The van der Waals surface area contributed by atoms with Gasteiger partial charge in [-0.25, -0.2) is 0 Å². The van der Waals surface area contributed by atoms with Gasteiger partial charge in [-0.05, 0) is 55.9 Å². The monoisotopic (exact) mass is 267 g/mol. The van der Waals surface area contributed by atoms with Gasteiger partial charge >= 0.3 is 0 Å². The summed E-state index contributed by atoms with van der Waals surface area (Å²) in [5.41, 5.74) is 0.472. The Morgan fingerprint density at radius 2 is 1.89 bits per heavy atom. The maximum atomic E-state index is 6.09. The first kappa shape index (κ1) is 15.3. The maximum Gasteiger partial charge on any atom is 0.0594 e. The summed E-state index contributed by atoms with van der Waals surface area (Å²) in [6.45, 7) is 10.3. The highest BCUT2D eigenvalue weighted by molar-refractivity contribution is 4.83. The van der Waals surface area contributed by atoms with Crippen molar-refractivity contribution in [3.8, 4) is 0 Å². The van der Waals surface area contributed by atoms with Crippen LogP contribution in [0.4, 0.5) is 0 Å². The molecule has 0 aromatic carbocycles. The Morgan fingerprint density at radius 1 is 1.16 bits per heavy atom. The minimum Gasteiger partial charge on any atom is -0.377 e. The lowest BCUT2D eigenvalue weighted by atomic mass is 9.71. The molecule has 2 rings (SSSR count). The topological polar surface area (TPSA) is 21.3 Å². The van der Waals surface area contributed by atoms with E-state index in [1.165, 1.54) is 51.5 Å². The Labute approximate surface area is 119 Å². The van der Waals surface area contributed by atoms with Crippen molar-refractivity contribution < 1.29 is 4.74 Å². The normalized spacial score (nSPS) is 31.7. The first-order valence-corrected chi connectivity index (χ1v) is 8.37. The van der Waals surface area contributed by atoms with Gasteiger partial charge < -0.3 is 10.1 Å². The van der Waals surface area contributed by atoms with E-state index in [1.54, 1.807) is 0 Å². The van der Waals surface area contributed by atoms with E-state index in [0.717, 1.165) is 25.0 Å². The summed E-state index contributed by atoms with van der Waals surface area (Å²) in [4.78, 5) is 0. The molecule has 0 bridgehead atoms. The van der Waals surface area contributed by atoms with Gasteiger partial charge in [0.2, 0.25) is 0 Å². The van der Waals surface area contributed by atoms with E-state index in [9.17, 15) is 0 Å². The van der Waals surface area contributed by atoms with Crippen LogP contribution in [0.25, 0.3) is 0 Å². The minimum atomic E-state index is 0.472. The number of nitrogens with one attached hydrogen (secondary N) is 1. The minimum absolute atomic E-state index is 0.472. The van der Waals surface area contributed by atoms with Crippen LogP contribution in [0.2, 0.25) is 0 Å². The quantitative estimate of drug-likeness (QED) is 0.735. The van der Waals surface area contributed by atoms with Crippen molar-refractivity contribution in [2.24, 2.45) is 17.3 Å². The number of hydrogen-bond donors (Lipinski definition) is 1. The van der Waals surface area contributed by atoms with Gasteiger partial charge in [-0.3, -0.25) is 0 Å². The zero-order chi connectivity index (χ0) is 13.7. The zero-order valence-corrected chi connectivity index (χ0v) is 13.2. The molecule has 1 N–H and O–H groups in total. The van der Waals surface area contributed by atoms with Crippen LogP contribution in [0.1, 0.15) is 65.7 Å². The van der Waals surface area contributed by atoms with Crippen LogP contribution >= 0.6 is 0 Å². The van der Waals surface area contributed by atoms with E-state index in [-0.39, 0.29) is 0 Å². The molecule has 0 radical (unpaired) electrons. The fraction of sp³-hybridized carbons (Fsp3) is 1.00. The molecule has 2 aliphatic carbocycles. The maximum absolute atomic E-state index is 6.09. The highest BCUT2D eigenvalue weighted by Gasteiger charge is 2.32. The molecular formula is C17H33NO. The van der Waals surface area contributed by atoms with Crippen LogP contribution < -0.4 is 5.32 Å². The molecule has 2 fully saturated rings. The molecule has 2 atom stereocenters. The van der Waals surface area contributed by atoms with E-state index in [0.29, 0.717) is 11.5 Å². The van der Waals surface area contributed by atoms with Gasteiger partial charge in [-0.15, -0.1) is 0 Å². The zero-order valence-electron chi connectivity index (χ0n) is 13.2. The molecule has 0 aliphatic heterocycles. The molecule has 19 heavy (non-hydrogen) atoms. The Kier molecular flexibility index (Phi) is 5.70. The first-order valence-electron chi connectivity index (χ1n) is 8.37. The smallest absolute Gasteiger partial charge is 0.0594 e. The van der Waals surface area contributed by atoms with Gasteiger partial charge in [0.05, 0.1) is 12.7 Å². The third-order valence-corrected chi connectivity index (χ3v) is 4.89. The third kappa shape index (κ3) is 5.43. The number of ether oxygens (including phenoxy) is 1. The third-order valence-electron chi connectivity index (χ3n) is 4.89. The molecule has 112 valence electrons. The fourth-order valence-corrected chi connectivity index (χ4v) is 4.20. The van der Waals surface area contributed by atoms with Crippen molar-refractivity contribution in [1.29, 1.82) is 0 Å². The lowest BCUT2D eigenvalue weighted by molar-refractivity contribution is -0.0214. The molecule has 2 heteroatoms. The molecule has 0 amide bonds. The first-order chi connectivity index (χ1) is 9.05. The average Bonchev–Trinajstić information content (AvgIpc) is 2.78. The van der Waals surface area contributed by atoms with Crippen LogP contribution in [0.5, 0.6) is 0 Å². The van der Waals surface area contributed by atoms with Crippen LogP contribution in [0, 0.1) is 17.3 Å². The van der Waals surface area contributed by atoms with Gasteiger partial charge in [0.1, 0.15) is 0 Å². The van der Waals surface area contributed by atoms with Gasteiger partial charge in [0, 0.05) is 6.54 Å². The summed E-state index contributed by atoms with van der Waals surface area (Å²) in [5, 5.41) is 3.57. The molecule has 0 heterocycles. The molecule has 2 aliphatic rings. The highest BCUT2D eigenvalue weighted by atomic mass is 16.5. The molecule has 2 unspecified atom stereocenters. The van der Waals surface area contributed by atoms with Crippen molar-refractivity contribution >= 4 is 0 Å². The van der Waals surface area contributed by atoms with Gasteiger partial charge in [-0.2, -0.15) is 0 Å². The standard InChI is InChI=1S/C17H33NO/c1-14-10-16(12-17(2,3)11-14)19-9-8-18-13-15-6-4-5-7-15/h14-16,18H,4-13H2,1-3H3. The van der Waals surface area contributed by atoms with Crippen LogP contribution in [-0.2, 0) is 4.74 Å². The predicted molar refractivity (Wildman–Crippen MR) is 81.4 cm³/mol. The van der Waals surface area contributed by atoms with Gasteiger partial charge in [0.15, 0.2) is 0 Å². The van der Waals surface area contributed by atoms with Crippen molar-refractivity contribution in [3.63, 3.8) is 0 Å². The Balaban J connectivity index is 1.55. The van der Waals surface area contributed by atoms with Gasteiger partial charge in [0.25, 0.3) is 0 Å². The molecule has 0 aromatic rings. The summed E-state index contributed by atoms with van der Waals surface area (Å²) in [6.07, 6.45) is 10.1. The number of rotatable bonds is 6. The van der Waals surface area contributed by atoms with Crippen molar-refractivity contribution in [2.45, 2.75) is 71.8 Å². The summed E-state index contributed by atoms with van der Waals surface area (Å²) in [7, 11) is 0. The summed E-state index contributed by atoms with van der Waals surface area (Å²) >= 11 is 0. The van der Waals surface area contributed by atoms with Crippen LogP contribution in [-0.4, -0.2) is 25.8 Å². The second-order valence-electron chi connectivity index (χ2n) is 7.76. The second kappa shape index (κ2) is 7.08. The van der Waals surface area contributed by atoms with Crippen LogP contribution in [0.15, 0.2) is 0 Å². The fourth-order valence-electron chi connectivity index (χ4n) is 4.20. The molecule has 0 aromatic heterocycles. The summed E-state index contributed by atoms with van der Waals surface area (Å²) in [6, 6.07) is 0. The highest BCUT2D eigenvalue weighted by Crippen LogP contribution is 2.39. The largest absolute Gasteiger partial charge is 0.377 e. The molecular weight excluding hydrogens is 234 g/mol. The SMILES string of the molecule is CC1CC(OCCNCC2CCCC2)CC(C)(C)C1. The Morgan fingerprint density at radius 3 is 2.58 bits per heavy atom. The Hall–Kier alpha value is -0.0800. The lowest BCUT2D eigenvalue weighted by Gasteiger charge is -2.38. The van der Waals surface area contributed by atoms with E-state index in [1.807, 2.05) is 0 Å². The lowest BCUT2D eigenvalue weighted by Crippen LogP contribution is -2.34. The molecule has 2 saturated carbocycles. The van der Waals surface area contributed by atoms with E-state index in [2.05, 4.69) is 26.1 Å². The van der Waals surface area contributed by atoms with Crippen molar-refractivity contribution in [3.05, 3.63) is 0 Å². The van der Waals surface area contributed by atoms with E-state index in [4.69, 9.17) is 4.74 Å². The van der Waals surface area contributed by atoms with Crippen LogP contribution in [0.3, 0.4) is 0 Å².